The van der Waals surface area contributed by atoms with Crippen LogP contribution in [-0.4, -0.2) is 36.6 Å². The molecular formula is C31H28ClN3O4. The molecule has 4 aromatic rings. The molecule has 0 aliphatic carbocycles. The first kappa shape index (κ1) is 26.4. The van der Waals surface area contributed by atoms with Crippen LogP contribution in [0.5, 0.6) is 5.75 Å². The molecule has 1 saturated heterocycles. The molecule has 1 aromatic heterocycles. The van der Waals surface area contributed by atoms with Gasteiger partial charge < -0.3 is 14.8 Å². The van der Waals surface area contributed by atoms with E-state index in [1.807, 2.05) is 72.8 Å². The molecular weight excluding hydrogens is 514 g/mol. The Balaban J connectivity index is 1.40. The average molecular weight is 542 g/mol. The molecule has 2 atom stereocenters. The van der Waals surface area contributed by atoms with E-state index >= 15 is 0 Å². The Kier molecular flexibility index (Phi) is 8.20. The van der Waals surface area contributed by atoms with Crippen LogP contribution in [0.25, 0.3) is 0 Å². The number of morpholine rings is 1. The summed E-state index contributed by atoms with van der Waals surface area (Å²) in [4.78, 5) is 32.4. The van der Waals surface area contributed by atoms with Gasteiger partial charge in [0.2, 0.25) is 0 Å². The van der Waals surface area contributed by atoms with E-state index in [0.717, 1.165) is 34.4 Å². The number of benzene rings is 3. The van der Waals surface area contributed by atoms with Gasteiger partial charge in [-0.1, -0.05) is 48.0 Å². The average Bonchev–Trinajstić information content (AvgIpc) is 2.97. The maximum atomic E-state index is 13.5. The molecule has 0 saturated carbocycles. The van der Waals surface area contributed by atoms with Gasteiger partial charge in [0, 0.05) is 29.6 Å². The molecule has 0 bridgehead atoms. The van der Waals surface area contributed by atoms with Gasteiger partial charge in [-0.05, 0) is 77.2 Å². The number of nitrogens with zero attached hydrogens (tertiary/aromatic N) is 2. The third-order valence-electron chi connectivity index (χ3n) is 6.69. The normalized spacial score (nSPS) is 17.1. The van der Waals surface area contributed by atoms with Crippen LogP contribution in [0, 0.1) is 0 Å². The quantitative estimate of drug-likeness (QED) is 0.335. The van der Waals surface area contributed by atoms with E-state index in [1.54, 1.807) is 36.5 Å². The topological polar surface area (TPSA) is 80.8 Å². The van der Waals surface area contributed by atoms with E-state index in [4.69, 9.17) is 21.1 Å². The molecule has 8 heteroatoms. The van der Waals surface area contributed by atoms with Gasteiger partial charge in [0.25, 0.3) is 11.8 Å². The van der Waals surface area contributed by atoms with Crippen molar-refractivity contribution in [2.45, 2.75) is 25.1 Å². The number of methoxy groups -OCH3 is 1. The lowest BCUT2D eigenvalue weighted by Crippen LogP contribution is -2.54. The van der Waals surface area contributed by atoms with Crippen molar-refractivity contribution in [2.24, 2.45) is 0 Å². The van der Waals surface area contributed by atoms with Gasteiger partial charge in [0.1, 0.15) is 12.4 Å². The number of halogens is 1. The van der Waals surface area contributed by atoms with Gasteiger partial charge in [-0.15, -0.1) is 0 Å². The molecule has 39 heavy (non-hydrogen) atoms. The van der Waals surface area contributed by atoms with Crippen LogP contribution < -0.4 is 15.0 Å². The van der Waals surface area contributed by atoms with E-state index in [1.165, 1.54) is 0 Å². The highest BCUT2D eigenvalue weighted by Gasteiger charge is 2.42. The standard InChI is InChI=1S/C31H28ClN3O4/c1-38-27-12-4-23(5-13-27)19-34-31(37)30-29(24-6-8-25(32)9-7-24)35(28(36)20-39-30)26-10-2-21(3-11-26)18-22-14-16-33-17-15-22/h2-17,29-30H,18-20H2,1H3,(H,34,37)/t29-,30+/m1/s1. The van der Waals surface area contributed by atoms with Crippen molar-refractivity contribution in [1.82, 2.24) is 10.3 Å². The summed E-state index contributed by atoms with van der Waals surface area (Å²) < 4.78 is 11.1. The summed E-state index contributed by atoms with van der Waals surface area (Å²) in [5.41, 5.74) is 4.60. The van der Waals surface area contributed by atoms with E-state index < -0.39 is 12.1 Å². The number of aromatic nitrogens is 1. The van der Waals surface area contributed by atoms with Crippen molar-refractivity contribution in [1.29, 1.82) is 0 Å². The molecule has 7 nitrogen and oxygen atoms in total. The van der Waals surface area contributed by atoms with Crippen molar-refractivity contribution in [2.75, 3.05) is 18.6 Å². The molecule has 2 amide bonds. The number of pyridine rings is 1. The molecule has 0 radical (unpaired) electrons. The second kappa shape index (κ2) is 12.1. The maximum Gasteiger partial charge on any atom is 0.253 e. The predicted molar refractivity (Wildman–Crippen MR) is 150 cm³/mol. The fourth-order valence-corrected chi connectivity index (χ4v) is 4.79. The molecule has 2 heterocycles. The number of carbonyl (C=O) groups excluding carboxylic acids is 2. The van der Waals surface area contributed by atoms with E-state index in [9.17, 15) is 9.59 Å². The number of ether oxygens (including phenoxy) is 2. The third-order valence-corrected chi connectivity index (χ3v) is 6.94. The fourth-order valence-electron chi connectivity index (χ4n) is 4.66. The zero-order valence-corrected chi connectivity index (χ0v) is 22.2. The summed E-state index contributed by atoms with van der Waals surface area (Å²) in [5.74, 6) is 0.207. The number of hydrogen-bond donors (Lipinski definition) is 1. The van der Waals surface area contributed by atoms with Crippen LogP contribution in [0.4, 0.5) is 5.69 Å². The summed E-state index contributed by atoms with van der Waals surface area (Å²) in [6, 6.07) is 25.7. The van der Waals surface area contributed by atoms with Gasteiger partial charge in [0.05, 0.1) is 13.2 Å². The summed E-state index contributed by atoms with van der Waals surface area (Å²) in [6.45, 7) is 0.108. The van der Waals surface area contributed by atoms with Crippen LogP contribution in [0.3, 0.4) is 0 Å². The lowest BCUT2D eigenvalue weighted by molar-refractivity contribution is -0.144. The van der Waals surface area contributed by atoms with Gasteiger partial charge in [-0.3, -0.25) is 19.5 Å². The summed E-state index contributed by atoms with van der Waals surface area (Å²) >= 11 is 6.15. The number of amides is 2. The molecule has 1 N–H and O–H groups in total. The second-order valence-corrected chi connectivity index (χ2v) is 9.69. The van der Waals surface area contributed by atoms with Crippen molar-refractivity contribution >= 4 is 29.1 Å². The molecule has 1 aliphatic rings. The molecule has 1 fully saturated rings. The Morgan fingerprint density at radius 1 is 0.949 bits per heavy atom. The number of rotatable bonds is 8. The van der Waals surface area contributed by atoms with Gasteiger partial charge in [-0.25, -0.2) is 0 Å². The van der Waals surface area contributed by atoms with E-state index in [-0.39, 0.29) is 18.4 Å². The van der Waals surface area contributed by atoms with Crippen LogP contribution >= 0.6 is 11.6 Å². The first-order valence-corrected chi connectivity index (χ1v) is 13.0. The summed E-state index contributed by atoms with van der Waals surface area (Å²) in [6.07, 6.45) is 3.37. The van der Waals surface area contributed by atoms with Crippen molar-refractivity contribution in [3.05, 3.63) is 125 Å². The second-order valence-electron chi connectivity index (χ2n) is 9.26. The Labute approximate surface area is 232 Å². The third kappa shape index (κ3) is 6.28. The highest BCUT2D eigenvalue weighted by atomic mass is 35.5. The van der Waals surface area contributed by atoms with Crippen molar-refractivity contribution in [3.63, 3.8) is 0 Å². The minimum Gasteiger partial charge on any atom is -0.497 e. The Morgan fingerprint density at radius 2 is 1.59 bits per heavy atom. The Morgan fingerprint density at radius 3 is 2.26 bits per heavy atom. The first-order valence-electron chi connectivity index (χ1n) is 12.6. The smallest absolute Gasteiger partial charge is 0.253 e. The molecule has 5 rings (SSSR count). The zero-order chi connectivity index (χ0) is 27.2. The number of carbonyl (C=O) groups is 2. The highest BCUT2D eigenvalue weighted by molar-refractivity contribution is 6.30. The summed E-state index contributed by atoms with van der Waals surface area (Å²) in [7, 11) is 1.61. The Hall–Kier alpha value is -4.20. The predicted octanol–water partition coefficient (Wildman–Crippen LogP) is 5.12. The van der Waals surface area contributed by atoms with Crippen LogP contribution in [0.2, 0.25) is 5.02 Å². The number of hydrogen-bond acceptors (Lipinski definition) is 5. The van der Waals surface area contributed by atoms with E-state index in [0.29, 0.717) is 17.3 Å². The molecule has 0 unspecified atom stereocenters. The highest BCUT2D eigenvalue weighted by Crippen LogP contribution is 2.35. The molecule has 198 valence electrons. The number of anilines is 1. The minimum atomic E-state index is -0.918. The first-order chi connectivity index (χ1) is 19.0. The lowest BCUT2D eigenvalue weighted by Gasteiger charge is -2.40. The zero-order valence-electron chi connectivity index (χ0n) is 21.4. The van der Waals surface area contributed by atoms with Crippen LogP contribution in [0.1, 0.15) is 28.3 Å². The maximum absolute atomic E-state index is 13.5. The van der Waals surface area contributed by atoms with Gasteiger partial charge in [-0.2, -0.15) is 0 Å². The largest absolute Gasteiger partial charge is 0.497 e. The SMILES string of the molecule is COc1ccc(CNC(=O)[C@H]2OCC(=O)N(c3ccc(Cc4ccncc4)cc3)[C@@H]2c2ccc(Cl)cc2)cc1. The monoisotopic (exact) mass is 541 g/mol. The molecule has 0 spiro atoms. The van der Waals surface area contributed by atoms with Gasteiger partial charge in [0.15, 0.2) is 6.10 Å². The molecule has 1 aliphatic heterocycles. The fraction of sp³-hybridized carbons (Fsp3) is 0.194. The minimum absolute atomic E-state index is 0.205. The van der Waals surface area contributed by atoms with Crippen LogP contribution in [0.15, 0.2) is 97.3 Å². The van der Waals surface area contributed by atoms with Gasteiger partial charge >= 0.3 is 0 Å². The van der Waals surface area contributed by atoms with E-state index in [2.05, 4.69) is 10.3 Å². The van der Waals surface area contributed by atoms with Crippen molar-refractivity contribution in [3.8, 4) is 5.75 Å². The molecule has 3 aromatic carbocycles. The van der Waals surface area contributed by atoms with Crippen molar-refractivity contribution < 1.29 is 19.1 Å². The Bertz CT molecular complexity index is 1410. The van der Waals surface area contributed by atoms with Crippen LogP contribution in [-0.2, 0) is 27.3 Å². The number of nitrogens with one attached hydrogen (secondary N) is 1. The summed E-state index contributed by atoms with van der Waals surface area (Å²) in [5, 5.41) is 3.53. The lowest BCUT2D eigenvalue weighted by atomic mass is 9.95.